The summed E-state index contributed by atoms with van der Waals surface area (Å²) >= 11 is 0. The van der Waals surface area contributed by atoms with Crippen molar-refractivity contribution in [1.82, 2.24) is 10.6 Å². The number of hydrogen-bond acceptors (Lipinski definition) is 2. The number of hydrogen-bond donors (Lipinski definition) is 2. The molecule has 0 saturated heterocycles. The summed E-state index contributed by atoms with van der Waals surface area (Å²) in [6, 6.07) is 9.47. The van der Waals surface area contributed by atoms with Gasteiger partial charge in [0, 0.05) is 18.0 Å². The Labute approximate surface area is 121 Å². The van der Waals surface area contributed by atoms with Gasteiger partial charge in [0.05, 0.1) is 0 Å². The van der Waals surface area contributed by atoms with E-state index in [1.165, 1.54) is 24.0 Å². The number of benzene rings is 1. The van der Waals surface area contributed by atoms with E-state index in [2.05, 4.69) is 34.9 Å². The van der Waals surface area contributed by atoms with E-state index in [1.54, 1.807) is 0 Å². The van der Waals surface area contributed by atoms with Gasteiger partial charge >= 0.3 is 0 Å². The first-order valence-corrected chi connectivity index (χ1v) is 7.80. The molecule has 1 aromatic rings. The highest BCUT2D eigenvalue weighted by Gasteiger charge is 2.29. The van der Waals surface area contributed by atoms with Gasteiger partial charge in [-0.3, -0.25) is 4.79 Å². The second kappa shape index (κ2) is 5.96. The van der Waals surface area contributed by atoms with E-state index in [-0.39, 0.29) is 11.8 Å². The first kappa shape index (κ1) is 13.6. The van der Waals surface area contributed by atoms with Gasteiger partial charge in [-0.1, -0.05) is 24.3 Å². The molecule has 0 aromatic heterocycles. The van der Waals surface area contributed by atoms with Crippen molar-refractivity contribution in [3.63, 3.8) is 0 Å². The molecule has 3 heteroatoms. The molecule has 1 aromatic carbocycles. The zero-order chi connectivity index (χ0) is 13.9. The van der Waals surface area contributed by atoms with Crippen LogP contribution in [0.4, 0.5) is 0 Å². The van der Waals surface area contributed by atoms with E-state index >= 15 is 0 Å². The van der Waals surface area contributed by atoms with Gasteiger partial charge < -0.3 is 10.6 Å². The normalized spacial score (nSPS) is 26.2. The molecule has 108 valence electrons. The fourth-order valence-electron chi connectivity index (χ4n) is 3.59. The van der Waals surface area contributed by atoms with E-state index in [0.717, 1.165) is 25.7 Å². The van der Waals surface area contributed by atoms with Crippen molar-refractivity contribution in [2.75, 3.05) is 7.05 Å². The van der Waals surface area contributed by atoms with Crippen molar-refractivity contribution in [2.45, 2.75) is 50.6 Å². The number of nitrogens with one attached hydrogen (secondary N) is 2. The molecule has 2 aliphatic carbocycles. The second-order valence-corrected chi connectivity index (χ2v) is 6.22. The van der Waals surface area contributed by atoms with Crippen molar-refractivity contribution < 1.29 is 4.79 Å². The maximum atomic E-state index is 12.4. The molecule has 1 saturated carbocycles. The molecule has 1 fully saturated rings. The molecule has 0 spiro atoms. The van der Waals surface area contributed by atoms with Gasteiger partial charge in [-0.05, 0) is 56.7 Å². The highest BCUT2D eigenvalue weighted by Crippen LogP contribution is 2.27. The summed E-state index contributed by atoms with van der Waals surface area (Å²) in [4.78, 5) is 12.4. The molecular weight excluding hydrogens is 248 g/mol. The van der Waals surface area contributed by atoms with Gasteiger partial charge in [-0.25, -0.2) is 0 Å². The van der Waals surface area contributed by atoms with Crippen LogP contribution in [0, 0.1) is 5.92 Å². The molecule has 0 heterocycles. The summed E-state index contributed by atoms with van der Waals surface area (Å²) < 4.78 is 0. The lowest BCUT2D eigenvalue weighted by Gasteiger charge is -2.29. The van der Waals surface area contributed by atoms with Crippen LogP contribution in [0.15, 0.2) is 24.3 Å². The Morgan fingerprint density at radius 1 is 1.00 bits per heavy atom. The average Bonchev–Trinajstić information content (AvgIpc) is 2.92. The Balaban J connectivity index is 1.52. The lowest BCUT2D eigenvalue weighted by atomic mass is 9.90. The molecule has 0 radical (unpaired) electrons. The van der Waals surface area contributed by atoms with Gasteiger partial charge in [0.1, 0.15) is 0 Å². The van der Waals surface area contributed by atoms with Crippen molar-refractivity contribution in [3.05, 3.63) is 35.4 Å². The number of rotatable bonds is 3. The lowest BCUT2D eigenvalue weighted by molar-refractivity contribution is -0.125. The minimum atomic E-state index is 0.148. The number of carbonyl (C=O) groups is 1. The molecule has 0 atom stereocenters. The van der Waals surface area contributed by atoms with Gasteiger partial charge in [0.15, 0.2) is 0 Å². The van der Waals surface area contributed by atoms with Crippen molar-refractivity contribution >= 4 is 5.91 Å². The molecule has 0 aliphatic heterocycles. The van der Waals surface area contributed by atoms with Gasteiger partial charge in [0.25, 0.3) is 0 Å². The molecule has 0 bridgehead atoms. The number of amides is 1. The zero-order valence-electron chi connectivity index (χ0n) is 12.2. The van der Waals surface area contributed by atoms with Crippen molar-refractivity contribution in [2.24, 2.45) is 5.92 Å². The largest absolute Gasteiger partial charge is 0.353 e. The predicted octanol–water partition coefficient (Wildman–Crippen LogP) is 2.05. The van der Waals surface area contributed by atoms with Crippen LogP contribution in [0.1, 0.15) is 36.8 Å². The van der Waals surface area contributed by atoms with Crippen LogP contribution in [0.3, 0.4) is 0 Å². The van der Waals surface area contributed by atoms with Crippen LogP contribution in [-0.4, -0.2) is 25.0 Å². The average molecular weight is 272 g/mol. The van der Waals surface area contributed by atoms with Crippen LogP contribution >= 0.6 is 0 Å². The highest BCUT2D eigenvalue weighted by molar-refractivity contribution is 5.80. The third-order valence-electron chi connectivity index (χ3n) is 4.90. The van der Waals surface area contributed by atoms with E-state index in [9.17, 15) is 4.79 Å². The van der Waals surface area contributed by atoms with Crippen LogP contribution in [0.2, 0.25) is 0 Å². The Kier molecular flexibility index (Phi) is 4.06. The summed E-state index contributed by atoms with van der Waals surface area (Å²) in [5.74, 6) is 0.406. The molecule has 3 rings (SSSR count). The molecule has 2 aliphatic rings. The molecular formula is C17H24N2O. The molecule has 2 N–H and O–H groups in total. The molecule has 1 amide bonds. The fraction of sp³-hybridized carbons (Fsp3) is 0.588. The van der Waals surface area contributed by atoms with Gasteiger partial charge in [-0.15, -0.1) is 0 Å². The third kappa shape index (κ3) is 2.88. The van der Waals surface area contributed by atoms with Crippen molar-refractivity contribution in [3.8, 4) is 0 Å². The predicted molar refractivity (Wildman–Crippen MR) is 80.6 cm³/mol. The van der Waals surface area contributed by atoms with Crippen LogP contribution in [0.25, 0.3) is 0 Å². The Hall–Kier alpha value is -1.35. The smallest absolute Gasteiger partial charge is 0.223 e. The summed E-state index contributed by atoms with van der Waals surface area (Å²) in [6.45, 7) is 0. The molecule has 3 nitrogen and oxygen atoms in total. The summed E-state index contributed by atoms with van der Waals surface area (Å²) in [7, 11) is 2.03. The monoisotopic (exact) mass is 272 g/mol. The maximum absolute atomic E-state index is 12.4. The summed E-state index contributed by atoms with van der Waals surface area (Å²) in [5, 5.41) is 6.61. The SMILES string of the molecule is CNC1CCC(NC(=O)C2Cc3ccccc3C2)CC1. The second-order valence-electron chi connectivity index (χ2n) is 6.22. The first-order chi connectivity index (χ1) is 9.76. The summed E-state index contributed by atoms with van der Waals surface area (Å²) in [6.07, 6.45) is 6.38. The van der Waals surface area contributed by atoms with Crippen LogP contribution in [0.5, 0.6) is 0 Å². The first-order valence-electron chi connectivity index (χ1n) is 7.80. The van der Waals surface area contributed by atoms with Gasteiger partial charge in [-0.2, -0.15) is 0 Å². The van der Waals surface area contributed by atoms with E-state index in [4.69, 9.17) is 0 Å². The summed E-state index contributed by atoms with van der Waals surface area (Å²) in [5.41, 5.74) is 2.71. The third-order valence-corrected chi connectivity index (χ3v) is 4.90. The van der Waals surface area contributed by atoms with E-state index in [0.29, 0.717) is 12.1 Å². The number of carbonyl (C=O) groups excluding carboxylic acids is 1. The topological polar surface area (TPSA) is 41.1 Å². The van der Waals surface area contributed by atoms with E-state index in [1.807, 2.05) is 7.05 Å². The van der Waals surface area contributed by atoms with Gasteiger partial charge in [0.2, 0.25) is 5.91 Å². The molecule has 20 heavy (non-hydrogen) atoms. The van der Waals surface area contributed by atoms with Crippen LogP contribution < -0.4 is 10.6 Å². The zero-order valence-corrected chi connectivity index (χ0v) is 12.2. The standard InChI is InChI=1S/C17H24N2O/c1-18-15-6-8-16(9-7-15)19-17(20)14-10-12-4-2-3-5-13(12)11-14/h2-5,14-16,18H,6-11H2,1H3,(H,19,20). The Morgan fingerprint density at radius 2 is 1.55 bits per heavy atom. The maximum Gasteiger partial charge on any atom is 0.223 e. The lowest BCUT2D eigenvalue weighted by Crippen LogP contribution is -2.43. The molecule has 0 unspecified atom stereocenters. The quantitative estimate of drug-likeness (QED) is 0.884. The van der Waals surface area contributed by atoms with Crippen molar-refractivity contribution in [1.29, 1.82) is 0 Å². The van der Waals surface area contributed by atoms with Crippen LogP contribution in [-0.2, 0) is 17.6 Å². The highest BCUT2D eigenvalue weighted by atomic mass is 16.1. The minimum absolute atomic E-state index is 0.148. The van der Waals surface area contributed by atoms with E-state index < -0.39 is 0 Å². The number of fused-ring (bicyclic) bond motifs is 1. The Morgan fingerprint density at radius 3 is 2.10 bits per heavy atom. The Bertz CT molecular complexity index is 453. The minimum Gasteiger partial charge on any atom is -0.353 e. The fourth-order valence-corrected chi connectivity index (χ4v) is 3.59.